The van der Waals surface area contributed by atoms with E-state index in [4.69, 9.17) is 4.74 Å². The van der Waals surface area contributed by atoms with Gasteiger partial charge in [-0.3, -0.25) is 14.5 Å². The summed E-state index contributed by atoms with van der Waals surface area (Å²) in [6, 6.07) is 23.6. The zero-order valence-electron chi connectivity index (χ0n) is 16.9. The molecule has 0 aliphatic heterocycles. The normalized spacial score (nSPS) is 10.6. The summed E-state index contributed by atoms with van der Waals surface area (Å²) in [7, 11) is 1.60. The van der Waals surface area contributed by atoms with E-state index in [1.165, 1.54) is 11.1 Å². The van der Waals surface area contributed by atoms with Crippen LogP contribution in [0.25, 0.3) is 0 Å². The molecular weight excluding hydrogens is 378 g/mol. The number of aryl methyl sites for hydroxylation is 1. The zero-order valence-corrected chi connectivity index (χ0v) is 16.9. The number of nitrogens with one attached hydrogen (secondary N) is 1. The average molecular weight is 401 g/mol. The van der Waals surface area contributed by atoms with Gasteiger partial charge >= 0.3 is 0 Å². The minimum atomic E-state index is -0.396. The molecule has 152 valence electrons. The summed E-state index contributed by atoms with van der Waals surface area (Å²) in [5.41, 5.74) is 5.39. The van der Waals surface area contributed by atoms with E-state index in [9.17, 15) is 9.59 Å². The van der Waals surface area contributed by atoms with Crippen molar-refractivity contribution < 1.29 is 14.3 Å². The standard InChI is InChI=1S/C24H23N3O3/c1-18-8-6-7-11-22(18)27(24(29)20-9-4-3-5-10-20)17-23(28)26-25-16-19-12-14-21(30-2)15-13-19/h3-16H,17H2,1-2H3,(H,26,28)/b25-16+. The number of benzene rings is 3. The lowest BCUT2D eigenvalue weighted by Gasteiger charge is -2.23. The summed E-state index contributed by atoms with van der Waals surface area (Å²) in [4.78, 5) is 27.1. The highest BCUT2D eigenvalue weighted by Gasteiger charge is 2.21. The number of hydrogen-bond donors (Lipinski definition) is 1. The number of hydrogen-bond acceptors (Lipinski definition) is 4. The monoisotopic (exact) mass is 401 g/mol. The Kier molecular flexibility index (Phi) is 6.95. The maximum absolute atomic E-state index is 13.1. The molecule has 0 aromatic heterocycles. The number of carbonyl (C=O) groups excluding carboxylic acids is 2. The summed E-state index contributed by atoms with van der Waals surface area (Å²) in [6.45, 7) is 1.75. The minimum Gasteiger partial charge on any atom is -0.497 e. The number of methoxy groups -OCH3 is 1. The fourth-order valence-electron chi connectivity index (χ4n) is 2.92. The smallest absolute Gasteiger partial charge is 0.260 e. The number of para-hydroxylation sites is 1. The van der Waals surface area contributed by atoms with Crippen molar-refractivity contribution in [2.24, 2.45) is 5.10 Å². The predicted octanol–water partition coefficient (Wildman–Crippen LogP) is 3.80. The first kappa shape index (κ1) is 20.8. The largest absolute Gasteiger partial charge is 0.497 e. The van der Waals surface area contributed by atoms with Gasteiger partial charge in [-0.2, -0.15) is 5.10 Å². The second-order valence-corrected chi connectivity index (χ2v) is 6.61. The molecule has 0 atom stereocenters. The summed E-state index contributed by atoms with van der Waals surface area (Å²) in [6.07, 6.45) is 1.54. The van der Waals surface area contributed by atoms with Crippen molar-refractivity contribution in [3.05, 3.63) is 95.6 Å². The van der Waals surface area contributed by atoms with E-state index in [0.717, 1.165) is 16.9 Å². The van der Waals surface area contributed by atoms with Gasteiger partial charge in [0.1, 0.15) is 12.3 Å². The zero-order chi connectivity index (χ0) is 21.3. The number of nitrogens with zero attached hydrogens (tertiary/aromatic N) is 2. The fourth-order valence-corrected chi connectivity index (χ4v) is 2.92. The van der Waals surface area contributed by atoms with Gasteiger partial charge in [-0.1, -0.05) is 36.4 Å². The molecule has 2 amide bonds. The van der Waals surface area contributed by atoms with Crippen LogP contribution in [0.3, 0.4) is 0 Å². The van der Waals surface area contributed by atoms with Crippen LogP contribution < -0.4 is 15.1 Å². The first-order valence-corrected chi connectivity index (χ1v) is 9.47. The maximum atomic E-state index is 13.1. The van der Waals surface area contributed by atoms with E-state index in [1.807, 2.05) is 61.5 Å². The molecule has 6 heteroatoms. The number of rotatable bonds is 7. The molecule has 6 nitrogen and oxygen atoms in total. The van der Waals surface area contributed by atoms with Crippen molar-refractivity contribution in [3.8, 4) is 5.75 Å². The fraction of sp³-hybridized carbons (Fsp3) is 0.125. The highest BCUT2D eigenvalue weighted by molar-refractivity contribution is 6.09. The van der Waals surface area contributed by atoms with Crippen LogP contribution in [0.1, 0.15) is 21.5 Å². The topological polar surface area (TPSA) is 71.0 Å². The van der Waals surface area contributed by atoms with Gasteiger partial charge in [-0.15, -0.1) is 0 Å². The Bertz CT molecular complexity index is 1030. The van der Waals surface area contributed by atoms with E-state index in [1.54, 1.807) is 31.4 Å². The third-order valence-corrected chi connectivity index (χ3v) is 4.49. The molecule has 0 fully saturated rings. The van der Waals surface area contributed by atoms with Crippen LogP contribution in [0.5, 0.6) is 5.75 Å². The molecule has 0 radical (unpaired) electrons. The van der Waals surface area contributed by atoms with Crippen LogP contribution >= 0.6 is 0 Å². The van der Waals surface area contributed by atoms with E-state index in [2.05, 4.69) is 10.5 Å². The average Bonchev–Trinajstić information content (AvgIpc) is 2.78. The van der Waals surface area contributed by atoms with Crippen LogP contribution in [0.4, 0.5) is 5.69 Å². The predicted molar refractivity (Wildman–Crippen MR) is 118 cm³/mol. The van der Waals surface area contributed by atoms with Crippen molar-refractivity contribution in [2.45, 2.75) is 6.92 Å². The number of ether oxygens (including phenoxy) is 1. The van der Waals surface area contributed by atoms with Crippen molar-refractivity contribution in [2.75, 3.05) is 18.6 Å². The number of hydrazone groups is 1. The highest BCUT2D eigenvalue weighted by atomic mass is 16.5. The van der Waals surface area contributed by atoms with E-state index in [-0.39, 0.29) is 12.5 Å². The number of amides is 2. The molecular formula is C24H23N3O3. The Balaban J connectivity index is 1.73. The van der Waals surface area contributed by atoms with Crippen LogP contribution in [0, 0.1) is 6.92 Å². The third kappa shape index (κ3) is 5.32. The Morgan fingerprint density at radius 2 is 1.63 bits per heavy atom. The molecule has 0 heterocycles. The summed E-state index contributed by atoms with van der Waals surface area (Å²) in [5.74, 6) is 0.0935. The van der Waals surface area contributed by atoms with Crippen LogP contribution in [0.2, 0.25) is 0 Å². The lowest BCUT2D eigenvalue weighted by Crippen LogP contribution is -2.40. The number of carbonyl (C=O) groups is 2. The quantitative estimate of drug-likeness (QED) is 0.484. The second kappa shape index (κ2) is 10.0. The van der Waals surface area contributed by atoms with Crippen LogP contribution in [-0.4, -0.2) is 31.7 Å². The lowest BCUT2D eigenvalue weighted by atomic mass is 10.1. The molecule has 3 aromatic carbocycles. The van der Waals surface area contributed by atoms with Gasteiger partial charge in [0.2, 0.25) is 0 Å². The SMILES string of the molecule is COc1ccc(/C=N/NC(=O)CN(C(=O)c2ccccc2)c2ccccc2C)cc1. The molecule has 0 saturated heterocycles. The summed E-state index contributed by atoms with van der Waals surface area (Å²) < 4.78 is 5.11. The molecule has 3 aromatic rings. The molecule has 0 aliphatic carbocycles. The van der Waals surface area contributed by atoms with Gasteiger partial charge in [0, 0.05) is 11.3 Å². The van der Waals surface area contributed by atoms with Gasteiger partial charge in [0.25, 0.3) is 11.8 Å². The summed E-state index contributed by atoms with van der Waals surface area (Å²) >= 11 is 0. The van der Waals surface area contributed by atoms with Crippen molar-refractivity contribution in [1.29, 1.82) is 0 Å². The minimum absolute atomic E-state index is 0.154. The Labute approximate surface area is 175 Å². The van der Waals surface area contributed by atoms with Crippen LogP contribution in [-0.2, 0) is 4.79 Å². The Morgan fingerprint density at radius 1 is 0.967 bits per heavy atom. The van der Waals surface area contributed by atoms with Crippen LogP contribution in [0.15, 0.2) is 84.0 Å². The third-order valence-electron chi connectivity index (χ3n) is 4.49. The lowest BCUT2D eigenvalue weighted by molar-refractivity contribution is -0.119. The van der Waals surface area contributed by atoms with E-state index < -0.39 is 5.91 Å². The van der Waals surface area contributed by atoms with Gasteiger partial charge < -0.3 is 4.74 Å². The molecule has 0 unspecified atom stereocenters. The van der Waals surface area contributed by atoms with E-state index >= 15 is 0 Å². The molecule has 30 heavy (non-hydrogen) atoms. The molecule has 0 aliphatic rings. The Hall–Kier alpha value is -3.93. The van der Waals surface area contributed by atoms with Crippen molar-refractivity contribution in [3.63, 3.8) is 0 Å². The molecule has 0 bridgehead atoms. The van der Waals surface area contributed by atoms with Gasteiger partial charge in [0.15, 0.2) is 0 Å². The van der Waals surface area contributed by atoms with Gasteiger partial charge in [-0.05, 0) is 60.5 Å². The van der Waals surface area contributed by atoms with Gasteiger partial charge in [0.05, 0.1) is 13.3 Å². The first-order chi connectivity index (χ1) is 14.6. The maximum Gasteiger partial charge on any atom is 0.260 e. The van der Waals surface area contributed by atoms with Crippen molar-refractivity contribution >= 4 is 23.7 Å². The summed E-state index contributed by atoms with van der Waals surface area (Å²) in [5, 5.41) is 3.99. The Morgan fingerprint density at radius 3 is 2.30 bits per heavy atom. The number of anilines is 1. The second-order valence-electron chi connectivity index (χ2n) is 6.61. The first-order valence-electron chi connectivity index (χ1n) is 9.47. The van der Waals surface area contributed by atoms with Crippen molar-refractivity contribution in [1.82, 2.24) is 5.43 Å². The molecule has 3 rings (SSSR count). The molecule has 1 N–H and O–H groups in total. The molecule has 0 saturated carbocycles. The molecule has 0 spiro atoms. The van der Waals surface area contributed by atoms with E-state index in [0.29, 0.717) is 11.3 Å². The van der Waals surface area contributed by atoms with Gasteiger partial charge in [-0.25, -0.2) is 5.43 Å². The highest BCUT2D eigenvalue weighted by Crippen LogP contribution is 2.21.